The molecule has 1 atom stereocenters. The molecule has 0 spiro atoms. The Kier molecular flexibility index (Phi) is 4.48. The number of aryl methyl sites for hydroxylation is 1. The van der Waals surface area contributed by atoms with E-state index in [0.717, 1.165) is 28.8 Å². The summed E-state index contributed by atoms with van der Waals surface area (Å²) in [6.45, 7) is 5.24. The Morgan fingerprint density at radius 1 is 1.33 bits per heavy atom. The van der Waals surface area contributed by atoms with E-state index in [-0.39, 0.29) is 6.04 Å². The van der Waals surface area contributed by atoms with Crippen molar-refractivity contribution < 1.29 is 4.42 Å². The van der Waals surface area contributed by atoms with Gasteiger partial charge in [0.2, 0.25) is 0 Å². The summed E-state index contributed by atoms with van der Waals surface area (Å²) in [6.07, 6.45) is 1.10. The van der Waals surface area contributed by atoms with Gasteiger partial charge >= 0.3 is 0 Å². The Morgan fingerprint density at radius 3 is 2.86 bits per heavy atom. The van der Waals surface area contributed by atoms with Gasteiger partial charge in [-0.05, 0) is 53.5 Å². The second-order valence-corrected chi connectivity index (χ2v) is 7.05. The van der Waals surface area contributed by atoms with Crippen LogP contribution in [0.3, 0.4) is 0 Å². The Hall–Kier alpha value is -1.10. The molecule has 0 saturated carbocycles. The van der Waals surface area contributed by atoms with Crippen molar-refractivity contribution >= 4 is 38.2 Å². The zero-order chi connectivity index (χ0) is 14.8. The van der Waals surface area contributed by atoms with E-state index in [1.165, 1.54) is 15.8 Å². The highest BCUT2D eigenvalue weighted by Crippen LogP contribution is 2.33. The lowest BCUT2D eigenvalue weighted by atomic mass is 10.1. The van der Waals surface area contributed by atoms with Crippen molar-refractivity contribution in [1.29, 1.82) is 0 Å². The molecule has 3 rings (SSSR count). The molecular weight excluding hydrogens is 346 g/mol. The number of benzene rings is 1. The van der Waals surface area contributed by atoms with Gasteiger partial charge in [-0.15, -0.1) is 11.3 Å². The fraction of sp³-hybridized carbons (Fsp3) is 0.294. The first-order valence-electron chi connectivity index (χ1n) is 7.15. The van der Waals surface area contributed by atoms with Gasteiger partial charge in [0.1, 0.15) is 17.4 Å². The van der Waals surface area contributed by atoms with E-state index in [2.05, 4.69) is 70.8 Å². The minimum Gasteiger partial charge on any atom is -0.459 e. The number of fused-ring (bicyclic) bond motifs is 1. The lowest BCUT2D eigenvalue weighted by molar-refractivity contribution is 0.472. The van der Waals surface area contributed by atoms with Crippen LogP contribution in [0, 0.1) is 6.92 Å². The van der Waals surface area contributed by atoms with Crippen LogP contribution in [0.25, 0.3) is 11.0 Å². The Bertz CT molecular complexity index is 746. The van der Waals surface area contributed by atoms with Gasteiger partial charge in [0.15, 0.2) is 0 Å². The van der Waals surface area contributed by atoms with Crippen LogP contribution in [-0.2, 0) is 0 Å². The summed E-state index contributed by atoms with van der Waals surface area (Å²) in [4.78, 5) is 1.27. The van der Waals surface area contributed by atoms with E-state index >= 15 is 0 Å². The molecule has 21 heavy (non-hydrogen) atoms. The minimum atomic E-state index is 0.119. The highest BCUT2D eigenvalue weighted by Gasteiger charge is 2.20. The first-order valence-corrected chi connectivity index (χ1v) is 8.82. The summed E-state index contributed by atoms with van der Waals surface area (Å²) in [7, 11) is 0. The molecule has 110 valence electrons. The van der Waals surface area contributed by atoms with Crippen molar-refractivity contribution in [2.75, 3.05) is 6.54 Å². The van der Waals surface area contributed by atoms with E-state index in [1.807, 2.05) is 0 Å². The zero-order valence-electron chi connectivity index (χ0n) is 12.2. The molecule has 4 heteroatoms. The number of para-hydroxylation sites is 1. The zero-order valence-corrected chi connectivity index (χ0v) is 14.6. The summed E-state index contributed by atoms with van der Waals surface area (Å²) in [5, 5.41) is 6.88. The maximum absolute atomic E-state index is 6.15. The van der Waals surface area contributed by atoms with Crippen molar-refractivity contribution in [2.24, 2.45) is 0 Å². The summed E-state index contributed by atoms with van der Waals surface area (Å²) in [5.41, 5.74) is 2.17. The molecule has 0 saturated heterocycles. The molecule has 0 aliphatic rings. The maximum Gasteiger partial charge on any atom is 0.137 e. The third-order valence-electron chi connectivity index (χ3n) is 3.52. The molecule has 0 fully saturated rings. The number of rotatable bonds is 5. The second-order valence-electron chi connectivity index (χ2n) is 5.20. The molecule has 1 unspecified atom stereocenters. The van der Waals surface area contributed by atoms with Gasteiger partial charge in [-0.3, -0.25) is 0 Å². The van der Waals surface area contributed by atoms with Gasteiger partial charge in [-0.25, -0.2) is 0 Å². The fourth-order valence-corrected chi connectivity index (χ4v) is 4.01. The van der Waals surface area contributed by atoms with E-state index in [9.17, 15) is 0 Å². The monoisotopic (exact) mass is 363 g/mol. The van der Waals surface area contributed by atoms with E-state index < -0.39 is 0 Å². The van der Waals surface area contributed by atoms with Crippen LogP contribution in [0.15, 0.2) is 44.6 Å². The summed E-state index contributed by atoms with van der Waals surface area (Å²) >= 11 is 5.29. The number of halogens is 1. The van der Waals surface area contributed by atoms with Gasteiger partial charge in [0, 0.05) is 20.1 Å². The number of nitrogens with one attached hydrogen (secondary N) is 1. The predicted octanol–water partition coefficient (Wildman–Crippen LogP) is 5.65. The molecular formula is C17H18BrNOS. The van der Waals surface area contributed by atoms with Gasteiger partial charge in [-0.1, -0.05) is 25.1 Å². The van der Waals surface area contributed by atoms with Gasteiger partial charge in [-0.2, -0.15) is 0 Å². The molecule has 0 amide bonds. The molecule has 0 bridgehead atoms. The molecule has 2 heterocycles. The molecule has 0 radical (unpaired) electrons. The molecule has 1 aromatic carbocycles. The summed E-state index contributed by atoms with van der Waals surface area (Å²) < 4.78 is 7.27. The van der Waals surface area contributed by atoms with Crippen molar-refractivity contribution in [3.8, 4) is 0 Å². The normalized spacial score (nSPS) is 12.9. The standard InChI is InChI=1S/C17H18BrNOS/c1-3-7-19-16(15-9-13(18)10-21-15)14-8-12-6-4-5-11(2)17(12)20-14/h4-6,8-10,16,19H,3,7H2,1-2H3. The van der Waals surface area contributed by atoms with Crippen LogP contribution in [0.1, 0.15) is 35.6 Å². The Labute approximate surface area is 137 Å². The van der Waals surface area contributed by atoms with E-state index in [0.29, 0.717) is 0 Å². The van der Waals surface area contributed by atoms with Crippen molar-refractivity contribution in [3.63, 3.8) is 0 Å². The smallest absolute Gasteiger partial charge is 0.137 e. The average molecular weight is 364 g/mol. The lowest BCUT2D eigenvalue weighted by Crippen LogP contribution is -2.21. The fourth-order valence-electron chi connectivity index (χ4n) is 2.48. The average Bonchev–Trinajstić information content (AvgIpc) is 3.07. The SMILES string of the molecule is CCCNC(c1cc2cccc(C)c2o1)c1cc(Br)cs1. The van der Waals surface area contributed by atoms with Crippen molar-refractivity contribution in [3.05, 3.63) is 56.4 Å². The van der Waals surface area contributed by atoms with Crippen LogP contribution in [-0.4, -0.2) is 6.54 Å². The molecule has 2 aromatic heterocycles. The topological polar surface area (TPSA) is 25.2 Å². The number of thiophene rings is 1. The van der Waals surface area contributed by atoms with E-state index in [4.69, 9.17) is 4.42 Å². The molecule has 1 N–H and O–H groups in total. The van der Waals surface area contributed by atoms with E-state index in [1.54, 1.807) is 11.3 Å². The lowest BCUT2D eigenvalue weighted by Gasteiger charge is -2.14. The first-order chi connectivity index (χ1) is 10.2. The second kappa shape index (κ2) is 6.34. The van der Waals surface area contributed by atoms with Gasteiger partial charge in [0.25, 0.3) is 0 Å². The minimum absolute atomic E-state index is 0.119. The molecule has 0 aliphatic carbocycles. The molecule has 0 aliphatic heterocycles. The van der Waals surface area contributed by atoms with Crippen LogP contribution >= 0.6 is 27.3 Å². The van der Waals surface area contributed by atoms with Crippen LogP contribution < -0.4 is 5.32 Å². The van der Waals surface area contributed by atoms with Gasteiger partial charge in [0.05, 0.1) is 0 Å². The number of hydrogen-bond acceptors (Lipinski definition) is 3. The molecule has 3 aromatic rings. The highest BCUT2D eigenvalue weighted by molar-refractivity contribution is 9.10. The molecule has 2 nitrogen and oxygen atoms in total. The third kappa shape index (κ3) is 3.07. The maximum atomic E-state index is 6.15. The Balaban J connectivity index is 2.03. The highest BCUT2D eigenvalue weighted by atomic mass is 79.9. The first kappa shape index (κ1) is 14.8. The van der Waals surface area contributed by atoms with Crippen LogP contribution in [0.2, 0.25) is 0 Å². The van der Waals surface area contributed by atoms with Crippen LogP contribution in [0.4, 0.5) is 0 Å². The largest absolute Gasteiger partial charge is 0.459 e. The van der Waals surface area contributed by atoms with Gasteiger partial charge < -0.3 is 9.73 Å². The predicted molar refractivity (Wildman–Crippen MR) is 93.1 cm³/mol. The summed E-state index contributed by atoms with van der Waals surface area (Å²) in [5.74, 6) is 0.988. The third-order valence-corrected chi connectivity index (χ3v) is 5.27. The quantitative estimate of drug-likeness (QED) is 0.632. The van der Waals surface area contributed by atoms with Crippen molar-refractivity contribution in [2.45, 2.75) is 26.3 Å². The van der Waals surface area contributed by atoms with Crippen molar-refractivity contribution in [1.82, 2.24) is 5.32 Å². The van der Waals surface area contributed by atoms with Crippen LogP contribution in [0.5, 0.6) is 0 Å². The number of furan rings is 1. The Morgan fingerprint density at radius 2 is 2.19 bits per heavy atom. The summed E-state index contributed by atoms with van der Waals surface area (Å²) in [6, 6.07) is 10.7. The number of hydrogen-bond donors (Lipinski definition) is 1.